The molecule has 0 spiro atoms. The molecule has 0 aromatic heterocycles. The van der Waals surface area contributed by atoms with Crippen molar-refractivity contribution in [2.24, 2.45) is 0 Å². The van der Waals surface area contributed by atoms with E-state index in [1.807, 2.05) is 101 Å². The van der Waals surface area contributed by atoms with Gasteiger partial charge in [-0.25, -0.2) is 14.4 Å². The topological polar surface area (TPSA) is 112 Å². The summed E-state index contributed by atoms with van der Waals surface area (Å²) in [4.78, 5) is 37.0. The first-order chi connectivity index (χ1) is 20.9. The third kappa shape index (κ3) is 7.54. The molecular formula is C40H52O6. The van der Waals surface area contributed by atoms with Crippen molar-refractivity contribution in [2.45, 2.75) is 125 Å². The first kappa shape index (κ1) is 36.5. The molecule has 3 aromatic carbocycles. The van der Waals surface area contributed by atoms with Gasteiger partial charge in [-0.15, -0.1) is 0 Å². The molecule has 0 radical (unpaired) electrons. The van der Waals surface area contributed by atoms with E-state index < -0.39 is 28.7 Å². The second-order valence-corrected chi connectivity index (χ2v) is 16.1. The third-order valence-electron chi connectivity index (χ3n) is 9.20. The van der Waals surface area contributed by atoms with E-state index in [-0.39, 0.29) is 28.4 Å². The zero-order valence-electron chi connectivity index (χ0n) is 29.9. The molecule has 3 aromatic rings. The minimum Gasteiger partial charge on any atom is -0.478 e. The Morgan fingerprint density at radius 2 is 0.783 bits per heavy atom. The molecular weight excluding hydrogens is 576 g/mol. The minimum atomic E-state index is -0.967. The van der Waals surface area contributed by atoms with Crippen LogP contribution in [0.2, 0.25) is 0 Å². The summed E-state index contributed by atoms with van der Waals surface area (Å²) in [5.41, 5.74) is 7.56. The molecule has 6 heteroatoms. The highest BCUT2D eigenvalue weighted by Crippen LogP contribution is 2.43. The molecule has 1 unspecified atom stereocenters. The van der Waals surface area contributed by atoms with Crippen LogP contribution in [0.1, 0.15) is 169 Å². The predicted molar refractivity (Wildman–Crippen MR) is 185 cm³/mol. The van der Waals surface area contributed by atoms with Gasteiger partial charge in [0.2, 0.25) is 0 Å². The third-order valence-corrected chi connectivity index (χ3v) is 9.20. The molecule has 6 nitrogen and oxygen atoms in total. The van der Waals surface area contributed by atoms with Crippen LogP contribution in [0.4, 0.5) is 0 Å². The highest BCUT2D eigenvalue weighted by Gasteiger charge is 2.32. The Labute approximate surface area is 274 Å². The van der Waals surface area contributed by atoms with Gasteiger partial charge in [0.25, 0.3) is 0 Å². The fourth-order valence-electron chi connectivity index (χ4n) is 6.75. The Morgan fingerprint density at radius 1 is 0.522 bits per heavy atom. The lowest BCUT2D eigenvalue weighted by Gasteiger charge is -2.32. The van der Waals surface area contributed by atoms with Crippen molar-refractivity contribution in [3.05, 3.63) is 103 Å². The number of aryl methyl sites for hydroxylation is 3. The van der Waals surface area contributed by atoms with E-state index in [1.165, 1.54) is 0 Å². The van der Waals surface area contributed by atoms with Gasteiger partial charge in [0.05, 0.1) is 16.7 Å². The largest absolute Gasteiger partial charge is 0.478 e. The molecule has 0 aliphatic heterocycles. The SMILES string of the molecule is Cc1cc(C(=O)O)c(C(C)(C)C)cc1C(C)CC(c1cc(C(C)(C)C)c(C(=O)O)cc1C)c1cc(C(C)(C)C)c(C(=O)O)cc1C. The van der Waals surface area contributed by atoms with Crippen molar-refractivity contribution >= 4 is 17.9 Å². The molecule has 46 heavy (non-hydrogen) atoms. The van der Waals surface area contributed by atoms with Crippen LogP contribution in [0.25, 0.3) is 0 Å². The summed E-state index contributed by atoms with van der Waals surface area (Å²) in [6, 6.07) is 11.4. The molecule has 0 saturated carbocycles. The Kier molecular flexibility index (Phi) is 10.1. The molecule has 1 atom stereocenters. The van der Waals surface area contributed by atoms with Crippen molar-refractivity contribution < 1.29 is 29.7 Å². The van der Waals surface area contributed by atoms with Gasteiger partial charge in [-0.2, -0.15) is 0 Å². The van der Waals surface area contributed by atoms with Crippen LogP contribution in [0, 0.1) is 20.8 Å². The lowest BCUT2D eigenvalue weighted by atomic mass is 9.72. The molecule has 3 rings (SSSR count). The Hall–Kier alpha value is -3.93. The molecule has 0 fully saturated rings. The molecule has 248 valence electrons. The van der Waals surface area contributed by atoms with E-state index in [1.54, 1.807) is 18.2 Å². The van der Waals surface area contributed by atoms with Crippen LogP contribution < -0.4 is 0 Å². The Morgan fingerprint density at radius 3 is 1.04 bits per heavy atom. The molecule has 0 aliphatic rings. The van der Waals surface area contributed by atoms with Crippen molar-refractivity contribution in [3.63, 3.8) is 0 Å². The zero-order valence-corrected chi connectivity index (χ0v) is 29.9. The predicted octanol–water partition coefficient (Wildman–Crippen LogP) is 9.92. The number of aromatic carboxylic acids is 3. The van der Waals surface area contributed by atoms with Crippen molar-refractivity contribution in [1.82, 2.24) is 0 Å². The van der Waals surface area contributed by atoms with Crippen LogP contribution in [0.3, 0.4) is 0 Å². The maximum absolute atomic E-state index is 12.4. The fourth-order valence-corrected chi connectivity index (χ4v) is 6.75. The van der Waals surface area contributed by atoms with Crippen LogP contribution in [-0.2, 0) is 16.2 Å². The van der Waals surface area contributed by atoms with Gasteiger partial charge in [-0.05, 0) is 118 Å². The van der Waals surface area contributed by atoms with Gasteiger partial charge in [-0.1, -0.05) is 87.4 Å². The first-order valence-electron chi connectivity index (χ1n) is 16.0. The number of rotatable bonds is 8. The van der Waals surface area contributed by atoms with Gasteiger partial charge >= 0.3 is 17.9 Å². The fraction of sp³-hybridized carbons (Fsp3) is 0.475. The van der Waals surface area contributed by atoms with E-state index in [2.05, 4.69) is 6.92 Å². The summed E-state index contributed by atoms with van der Waals surface area (Å²) in [6.07, 6.45) is 0.643. The summed E-state index contributed by atoms with van der Waals surface area (Å²) >= 11 is 0. The summed E-state index contributed by atoms with van der Waals surface area (Å²) in [7, 11) is 0. The number of benzene rings is 3. The number of hydrogen-bond donors (Lipinski definition) is 3. The summed E-state index contributed by atoms with van der Waals surface area (Å²) in [6.45, 7) is 26.1. The van der Waals surface area contributed by atoms with Gasteiger partial charge < -0.3 is 15.3 Å². The zero-order chi connectivity index (χ0) is 35.3. The molecule has 3 N–H and O–H groups in total. The van der Waals surface area contributed by atoms with Crippen LogP contribution in [0.5, 0.6) is 0 Å². The van der Waals surface area contributed by atoms with Crippen LogP contribution >= 0.6 is 0 Å². The van der Waals surface area contributed by atoms with Crippen LogP contribution in [-0.4, -0.2) is 33.2 Å². The van der Waals surface area contributed by atoms with E-state index in [0.29, 0.717) is 12.0 Å². The van der Waals surface area contributed by atoms with Crippen molar-refractivity contribution in [2.75, 3.05) is 0 Å². The number of carboxylic acid groups (broad SMARTS) is 3. The summed E-state index contributed by atoms with van der Waals surface area (Å²) in [5.74, 6) is -3.09. The van der Waals surface area contributed by atoms with Crippen molar-refractivity contribution in [3.8, 4) is 0 Å². The average molecular weight is 629 g/mol. The number of carboxylic acids is 3. The van der Waals surface area contributed by atoms with E-state index >= 15 is 0 Å². The van der Waals surface area contributed by atoms with E-state index in [0.717, 1.165) is 50.1 Å². The second kappa shape index (κ2) is 12.7. The number of hydrogen-bond acceptors (Lipinski definition) is 3. The van der Waals surface area contributed by atoms with Gasteiger partial charge in [0.15, 0.2) is 0 Å². The van der Waals surface area contributed by atoms with Gasteiger partial charge in [0.1, 0.15) is 0 Å². The van der Waals surface area contributed by atoms with Crippen molar-refractivity contribution in [1.29, 1.82) is 0 Å². The highest BCUT2D eigenvalue weighted by molar-refractivity contribution is 5.92. The maximum atomic E-state index is 12.4. The number of carbonyl (C=O) groups is 3. The summed E-state index contributed by atoms with van der Waals surface area (Å²) < 4.78 is 0. The second-order valence-electron chi connectivity index (χ2n) is 16.1. The molecule has 0 bridgehead atoms. The molecule has 0 heterocycles. The molecule has 0 saturated heterocycles. The normalized spacial score (nSPS) is 13.2. The standard InChI is InChI=1S/C40H52O6/c1-21(25-18-32(38(5,6)7)29(35(41)42)15-22(25)2)14-28(26-19-33(39(8,9)10)30(36(43)44)16-23(26)3)27-20-34(40(11,12)13)31(37(45)46)17-24(27)4/h15-21,28H,14H2,1-13H3,(H,41,42)(H,43,44)(H,45,46). The lowest BCUT2D eigenvalue weighted by Crippen LogP contribution is -2.21. The minimum absolute atomic E-state index is 0.0118. The van der Waals surface area contributed by atoms with E-state index in [9.17, 15) is 29.7 Å². The molecule has 0 aliphatic carbocycles. The lowest BCUT2D eigenvalue weighted by molar-refractivity contribution is 0.0683. The highest BCUT2D eigenvalue weighted by atomic mass is 16.4. The van der Waals surface area contributed by atoms with Gasteiger partial charge in [0, 0.05) is 5.92 Å². The first-order valence-corrected chi connectivity index (χ1v) is 16.0. The quantitative estimate of drug-likeness (QED) is 0.229. The molecule has 0 amide bonds. The smallest absolute Gasteiger partial charge is 0.335 e. The van der Waals surface area contributed by atoms with E-state index in [4.69, 9.17) is 0 Å². The summed E-state index contributed by atoms with van der Waals surface area (Å²) in [5, 5.41) is 30.3. The van der Waals surface area contributed by atoms with Gasteiger partial charge in [-0.3, -0.25) is 0 Å². The monoisotopic (exact) mass is 628 g/mol. The Balaban J connectivity index is 2.41. The van der Waals surface area contributed by atoms with Crippen LogP contribution in [0.15, 0.2) is 36.4 Å². The average Bonchev–Trinajstić information content (AvgIpc) is 2.89. The Bertz CT molecular complexity index is 1610. The maximum Gasteiger partial charge on any atom is 0.335 e.